The molecule has 5 rings (SSSR count). The van der Waals surface area contributed by atoms with Crippen molar-refractivity contribution in [2.24, 2.45) is 52.3 Å². The van der Waals surface area contributed by atoms with Gasteiger partial charge in [-0.25, -0.2) is 0 Å². The molecule has 10 atom stereocenters. The fraction of sp³-hybridized carbons (Fsp3) is 0.938. The van der Waals surface area contributed by atoms with Crippen molar-refractivity contribution in [3.8, 4) is 0 Å². The van der Waals surface area contributed by atoms with E-state index in [1.165, 1.54) is 0 Å². The standard InChI is InChI=1S/C32H53NO5/c1-19(6-9-28(37)38-30(2,3)20-11-14-33-15-12-20)23-7-8-24-29-25(18-27(36)32(23,24)5)31(4)13-10-22(34)16-21(31)17-26(29)35/h19-26,29,33-35H,6-18H2,1-5H3/p+1/t19-,21+,22?,23-,24+,25+,26?,29+,31+,32-/m1/s1. The number of aliphatic hydroxyl groups excluding tert-OH is 2. The van der Waals surface area contributed by atoms with Gasteiger partial charge in [0.1, 0.15) is 11.4 Å². The molecule has 5 fully saturated rings. The van der Waals surface area contributed by atoms with E-state index in [9.17, 15) is 19.8 Å². The van der Waals surface area contributed by atoms with E-state index in [2.05, 4.69) is 39.9 Å². The molecule has 4 saturated carbocycles. The fourth-order valence-electron chi connectivity index (χ4n) is 10.5. The molecule has 2 unspecified atom stereocenters. The number of hydrogen-bond acceptors (Lipinski definition) is 5. The Morgan fingerprint density at radius 1 is 1.08 bits per heavy atom. The molecule has 0 aromatic rings. The van der Waals surface area contributed by atoms with Crippen LogP contribution in [0, 0.1) is 52.3 Å². The van der Waals surface area contributed by atoms with Crippen LogP contribution in [0.3, 0.4) is 0 Å². The van der Waals surface area contributed by atoms with Crippen molar-refractivity contribution in [3.63, 3.8) is 0 Å². The van der Waals surface area contributed by atoms with Gasteiger partial charge in [-0.2, -0.15) is 0 Å². The summed E-state index contributed by atoms with van der Waals surface area (Å²) in [4.78, 5) is 27.0. The molecule has 6 heteroatoms. The SMILES string of the molecule is C[C@H](CCC(=O)OC(C)(C)C1CC[NH2+]CC1)[C@H]1CC[C@H]2[C@@H]3C(O)C[C@@H]4CC(O)CC[C@]4(C)[C@H]3CC(=O)[C@]12C. The van der Waals surface area contributed by atoms with Crippen LogP contribution in [-0.4, -0.2) is 52.9 Å². The Labute approximate surface area is 230 Å². The highest BCUT2D eigenvalue weighted by atomic mass is 16.6. The van der Waals surface area contributed by atoms with Crippen molar-refractivity contribution in [1.29, 1.82) is 0 Å². The lowest BCUT2D eigenvalue weighted by Crippen LogP contribution is -2.86. The molecule has 0 radical (unpaired) electrons. The van der Waals surface area contributed by atoms with E-state index >= 15 is 0 Å². The van der Waals surface area contributed by atoms with Crippen molar-refractivity contribution >= 4 is 11.8 Å². The second kappa shape index (κ2) is 10.4. The van der Waals surface area contributed by atoms with Gasteiger partial charge in [0.15, 0.2) is 0 Å². The highest BCUT2D eigenvalue weighted by Gasteiger charge is 2.65. The largest absolute Gasteiger partial charge is 0.459 e. The predicted octanol–water partition coefficient (Wildman–Crippen LogP) is 3.87. The molecule has 0 bridgehead atoms. The zero-order valence-electron chi connectivity index (χ0n) is 24.6. The Morgan fingerprint density at radius 3 is 2.50 bits per heavy atom. The van der Waals surface area contributed by atoms with Gasteiger partial charge < -0.3 is 20.3 Å². The summed E-state index contributed by atoms with van der Waals surface area (Å²) in [5.74, 6) is 2.13. The predicted molar refractivity (Wildman–Crippen MR) is 146 cm³/mol. The number of nitrogens with two attached hydrogens (primary N) is 1. The summed E-state index contributed by atoms with van der Waals surface area (Å²) in [6, 6.07) is 0. The third-order valence-electron chi connectivity index (χ3n) is 12.9. The van der Waals surface area contributed by atoms with Gasteiger partial charge in [-0.05, 0) is 99.7 Å². The van der Waals surface area contributed by atoms with Crippen LogP contribution >= 0.6 is 0 Å². The highest BCUT2D eigenvalue weighted by Crippen LogP contribution is 2.67. The minimum atomic E-state index is -0.423. The van der Waals surface area contributed by atoms with Crippen LogP contribution in [0.2, 0.25) is 0 Å². The average Bonchev–Trinajstić information content (AvgIpc) is 3.23. The van der Waals surface area contributed by atoms with Crippen LogP contribution in [-0.2, 0) is 14.3 Å². The number of ether oxygens (including phenoxy) is 1. The zero-order chi connectivity index (χ0) is 27.5. The molecule has 0 aromatic carbocycles. The molecule has 1 saturated heterocycles. The summed E-state index contributed by atoms with van der Waals surface area (Å²) in [5, 5.41) is 24.1. The lowest BCUT2D eigenvalue weighted by atomic mass is 9.43. The monoisotopic (exact) mass is 532 g/mol. The molecule has 4 aliphatic carbocycles. The normalized spacial score (nSPS) is 44.6. The van der Waals surface area contributed by atoms with Crippen LogP contribution in [0.25, 0.3) is 0 Å². The number of rotatable bonds is 6. The van der Waals surface area contributed by atoms with Crippen LogP contribution in [0.15, 0.2) is 0 Å². The van der Waals surface area contributed by atoms with Crippen LogP contribution in [0.5, 0.6) is 0 Å². The summed E-state index contributed by atoms with van der Waals surface area (Å²) in [7, 11) is 0. The number of aliphatic hydroxyl groups is 2. The maximum Gasteiger partial charge on any atom is 0.306 e. The maximum atomic E-state index is 14.0. The Kier molecular flexibility index (Phi) is 7.85. The van der Waals surface area contributed by atoms with E-state index in [1.807, 2.05) is 0 Å². The number of piperidine rings is 1. The first-order valence-electron chi connectivity index (χ1n) is 15.8. The van der Waals surface area contributed by atoms with Gasteiger partial charge in [-0.3, -0.25) is 9.59 Å². The number of carbonyl (C=O) groups excluding carboxylic acids is 2. The van der Waals surface area contributed by atoms with Gasteiger partial charge in [-0.1, -0.05) is 20.8 Å². The number of Topliss-reactive ketones (excluding diaryl/α,β-unsaturated/α-hetero) is 1. The van der Waals surface area contributed by atoms with Gasteiger partial charge in [-0.15, -0.1) is 0 Å². The zero-order valence-corrected chi connectivity index (χ0v) is 24.6. The highest BCUT2D eigenvalue weighted by molar-refractivity contribution is 5.87. The molecule has 38 heavy (non-hydrogen) atoms. The minimum Gasteiger partial charge on any atom is -0.459 e. The number of hydrogen-bond donors (Lipinski definition) is 3. The Morgan fingerprint density at radius 2 is 1.79 bits per heavy atom. The molecule has 0 amide bonds. The van der Waals surface area contributed by atoms with Crippen molar-refractivity contribution in [3.05, 3.63) is 0 Å². The smallest absolute Gasteiger partial charge is 0.306 e. The number of fused-ring (bicyclic) bond motifs is 5. The average molecular weight is 533 g/mol. The van der Waals surface area contributed by atoms with Crippen LogP contribution in [0.1, 0.15) is 105 Å². The number of ketones is 1. The Balaban J connectivity index is 1.24. The molecule has 0 spiro atoms. The van der Waals surface area contributed by atoms with Gasteiger partial charge in [0.05, 0.1) is 25.3 Å². The molecular formula is C32H54NO5+. The second-order valence-electron chi connectivity index (χ2n) is 15.1. The topological polar surface area (TPSA) is 100 Å². The minimum absolute atomic E-state index is 0.0384. The van der Waals surface area contributed by atoms with E-state index in [4.69, 9.17) is 4.74 Å². The Hall–Kier alpha value is -0.980. The summed E-state index contributed by atoms with van der Waals surface area (Å²) >= 11 is 0. The van der Waals surface area contributed by atoms with Crippen molar-refractivity contribution in [2.75, 3.05) is 13.1 Å². The molecule has 1 aliphatic heterocycles. The second-order valence-corrected chi connectivity index (χ2v) is 15.1. The molecule has 216 valence electrons. The molecule has 6 nitrogen and oxygen atoms in total. The van der Waals surface area contributed by atoms with E-state index in [-0.39, 0.29) is 53.2 Å². The number of esters is 1. The first kappa shape index (κ1) is 28.5. The van der Waals surface area contributed by atoms with Crippen LogP contribution < -0.4 is 5.32 Å². The third-order valence-corrected chi connectivity index (χ3v) is 12.9. The van der Waals surface area contributed by atoms with Crippen molar-refractivity contribution in [1.82, 2.24) is 0 Å². The van der Waals surface area contributed by atoms with E-state index in [0.29, 0.717) is 30.5 Å². The summed E-state index contributed by atoms with van der Waals surface area (Å²) < 4.78 is 6.03. The van der Waals surface area contributed by atoms with Gasteiger partial charge in [0.25, 0.3) is 0 Å². The molecule has 0 aromatic heterocycles. The summed E-state index contributed by atoms with van der Waals surface area (Å²) in [5.41, 5.74) is -0.801. The third kappa shape index (κ3) is 4.79. The molecule has 4 N–H and O–H groups in total. The van der Waals surface area contributed by atoms with Crippen molar-refractivity contribution in [2.45, 2.75) is 123 Å². The first-order valence-corrected chi connectivity index (χ1v) is 15.8. The van der Waals surface area contributed by atoms with Crippen LogP contribution in [0.4, 0.5) is 0 Å². The van der Waals surface area contributed by atoms with Gasteiger partial charge in [0.2, 0.25) is 0 Å². The van der Waals surface area contributed by atoms with E-state index in [0.717, 1.165) is 70.9 Å². The number of carbonyl (C=O) groups is 2. The van der Waals surface area contributed by atoms with Gasteiger partial charge in [0, 0.05) is 37.0 Å². The lowest BCUT2D eigenvalue weighted by molar-refractivity contribution is -0.665. The summed E-state index contributed by atoms with van der Waals surface area (Å²) in [6.45, 7) is 13.1. The van der Waals surface area contributed by atoms with E-state index in [1.54, 1.807) is 0 Å². The quantitative estimate of drug-likeness (QED) is 0.451. The van der Waals surface area contributed by atoms with Crippen molar-refractivity contribution < 1.29 is 29.9 Å². The molecule has 5 aliphatic rings. The fourth-order valence-corrected chi connectivity index (χ4v) is 10.5. The van der Waals surface area contributed by atoms with Gasteiger partial charge >= 0.3 is 5.97 Å². The Bertz CT molecular complexity index is 898. The molecule has 1 heterocycles. The summed E-state index contributed by atoms with van der Waals surface area (Å²) in [6.07, 6.45) is 8.55. The lowest BCUT2D eigenvalue weighted by Gasteiger charge is -2.61. The first-order chi connectivity index (χ1) is 17.9. The maximum absolute atomic E-state index is 14.0. The molecular weight excluding hydrogens is 478 g/mol. The number of quaternary nitrogens is 1. The van der Waals surface area contributed by atoms with E-state index < -0.39 is 11.0 Å².